The van der Waals surface area contributed by atoms with E-state index in [4.69, 9.17) is 27.9 Å². The molecule has 29 heavy (non-hydrogen) atoms. The molecule has 156 valence electrons. The second-order valence-electron chi connectivity index (χ2n) is 7.25. The van der Waals surface area contributed by atoms with E-state index < -0.39 is 0 Å². The molecule has 0 amide bonds. The molecule has 3 rings (SSSR count). The Labute approximate surface area is 182 Å². The zero-order valence-corrected chi connectivity index (χ0v) is 18.7. The van der Waals surface area contributed by atoms with Crippen LogP contribution in [0.25, 0.3) is 16.6 Å². The van der Waals surface area contributed by atoms with Crippen molar-refractivity contribution in [2.75, 3.05) is 46.4 Å². The summed E-state index contributed by atoms with van der Waals surface area (Å²) in [7, 11) is 4.15. The van der Waals surface area contributed by atoms with Gasteiger partial charge in [-0.25, -0.2) is 9.98 Å². The molecule has 8 heteroatoms. The van der Waals surface area contributed by atoms with Crippen molar-refractivity contribution in [3.8, 4) is 5.75 Å². The zero-order valence-electron chi connectivity index (χ0n) is 17.2. The van der Waals surface area contributed by atoms with Crippen LogP contribution in [0, 0.1) is 0 Å². The standard InChI is InChI=1S/C21H27Cl2N5O/c1-15(22)20(25-21(23)24-2)18-14-27(4)19-13-16(5-6-17(18)19)29-12-11-28-9-7-26(3)8-10-28/h5-6,13-14H,2,7-12H2,1,3-4H3/b20-15+,25-21-. The first-order valence-electron chi connectivity index (χ1n) is 9.59. The van der Waals surface area contributed by atoms with Crippen LogP contribution in [0.2, 0.25) is 0 Å². The molecule has 2 aromatic rings. The molecule has 0 aliphatic carbocycles. The fraction of sp³-hybridized carbons (Fsp3) is 0.429. The highest BCUT2D eigenvalue weighted by molar-refractivity contribution is 6.65. The number of halogens is 2. The van der Waals surface area contributed by atoms with Gasteiger partial charge in [0.05, 0.1) is 11.2 Å². The molecule has 1 aromatic carbocycles. The second kappa shape index (κ2) is 9.76. The zero-order chi connectivity index (χ0) is 21.0. The predicted molar refractivity (Wildman–Crippen MR) is 124 cm³/mol. The van der Waals surface area contributed by atoms with Gasteiger partial charge in [0.1, 0.15) is 12.4 Å². The molecule has 1 aliphatic heterocycles. The van der Waals surface area contributed by atoms with Crippen molar-refractivity contribution in [1.29, 1.82) is 0 Å². The van der Waals surface area contributed by atoms with Gasteiger partial charge >= 0.3 is 0 Å². The maximum atomic E-state index is 6.28. The number of nitrogens with zero attached hydrogens (tertiary/aromatic N) is 5. The lowest BCUT2D eigenvalue weighted by Crippen LogP contribution is -2.45. The summed E-state index contributed by atoms with van der Waals surface area (Å²) >= 11 is 12.2. The minimum atomic E-state index is 0.0564. The van der Waals surface area contributed by atoms with Crippen molar-refractivity contribution in [1.82, 2.24) is 14.4 Å². The molecule has 1 aromatic heterocycles. The van der Waals surface area contributed by atoms with E-state index in [9.17, 15) is 0 Å². The summed E-state index contributed by atoms with van der Waals surface area (Å²) in [6.07, 6.45) is 1.98. The van der Waals surface area contributed by atoms with Crippen LogP contribution in [-0.2, 0) is 7.05 Å². The highest BCUT2D eigenvalue weighted by Gasteiger charge is 2.15. The van der Waals surface area contributed by atoms with Gasteiger partial charge in [0.15, 0.2) is 0 Å². The second-order valence-corrected chi connectivity index (χ2v) is 8.15. The average Bonchev–Trinajstić information content (AvgIpc) is 3.03. The van der Waals surface area contributed by atoms with Gasteiger partial charge < -0.3 is 14.2 Å². The predicted octanol–water partition coefficient (Wildman–Crippen LogP) is 4.03. The third kappa shape index (κ3) is 5.39. The Morgan fingerprint density at radius 2 is 1.90 bits per heavy atom. The number of likely N-dealkylation sites (N-methyl/N-ethyl adjacent to an activating group) is 1. The van der Waals surface area contributed by atoms with Crippen LogP contribution in [0.4, 0.5) is 0 Å². The Morgan fingerprint density at radius 3 is 2.55 bits per heavy atom. The summed E-state index contributed by atoms with van der Waals surface area (Å²) in [4.78, 5) is 12.7. The summed E-state index contributed by atoms with van der Waals surface area (Å²) in [6.45, 7) is 11.2. The summed E-state index contributed by atoms with van der Waals surface area (Å²) in [5, 5.41) is 1.61. The van der Waals surface area contributed by atoms with Crippen LogP contribution in [0.15, 0.2) is 39.4 Å². The Bertz CT molecular complexity index is 938. The van der Waals surface area contributed by atoms with Crippen LogP contribution in [0.5, 0.6) is 5.75 Å². The Morgan fingerprint density at radius 1 is 1.17 bits per heavy atom. The number of hydrogen-bond donors (Lipinski definition) is 0. The van der Waals surface area contributed by atoms with Gasteiger partial charge in [0, 0.05) is 68.0 Å². The first-order chi connectivity index (χ1) is 13.9. The molecule has 0 N–H and O–H groups in total. The number of aromatic nitrogens is 1. The number of benzene rings is 1. The molecular weight excluding hydrogens is 409 g/mol. The van der Waals surface area contributed by atoms with Crippen LogP contribution in [0.1, 0.15) is 12.5 Å². The number of ether oxygens (including phenoxy) is 1. The fourth-order valence-corrected chi connectivity index (χ4v) is 3.69. The smallest absolute Gasteiger partial charge is 0.222 e. The quantitative estimate of drug-likeness (QED) is 0.390. The van der Waals surface area contributed by atoms with Gasteiger partial charge in [0.25, 0.3) is 0 Å². The van der Waals surface area contributed by atoms with Crippen LogP contribution in [0.3, 0.4) is 0 Å². The van der Waals surface area contributed by atoms with Crippen molar-refractivity contribution < 1.29 is 4.74 Å². The van der Waals surface area contributed by atoms with E-state index in [1.807, 2.05) is 36.0 Å². The first kappa shape index (κ1) is 21.8. The van der Waals surface area contributed by atoms with E-state index in [2.05, 4.69) is 33.5 Å². The Kier molecular flexibility index (Phi) is 7.35. The number of fused-ring (bicyclic) bond motifs is 1. The summed E-state index contributed by atoms with van der Waals surface area (Å²) in [5.74, 6) is 0.849. The molecule has 2 heterocycles. The van der Waals surface area contributed by atoms with Gasteiger partial charge in [-0.2, -0.15) is 0 Å². The number of aryl methyl sites for hydroxylation is 1. The van der Waals surface area contributed by atoms with E-state index in [1.165, 1.54) is 0 Å². The molecule has 0 atom stereocenters. The van der Waals surface area contributed by atoms with Gasteiger partial charge in [-0.05, 0) is 44.4 Å². The molecule has 6 nitrogen and oxygen atoms in total. The molecule has 1 saturated heterocycles. The lowest BCUT2D eigenvalue weighted by molar-refractivity contribution is 0.134. The summed E-state index contributed by atoms with van der Waals surface area (Å²) < 4.78 is 8.05. The topological polar surface area (TPSA) is 45.4 Å². The number of aliphatic imine (C=N–C) groups is 2. The van der Waals surface area contributed by atoms with Crippen molar-refractivity contribution in [2.24, 2.45) is 17.0 Å². The van der Waals surface area contributed by atoms with Crippen LogP contribution in [-0.4, -0.2) is 72.8 Å². The molecule has 1 aliphatic rings. The highest BCUT2D eigenvalue weighted by atomic mass is 35.5. The van der Waals surface area contributed by atoms with Gasteiger partial charge in [0.2, 0.25) is 5.29 Å². The van der Waals surface area contributed by atoms with Gasteiger partial charge in [-0.15, -0.1) is 0 Å². The number of allylic oxidation sites excluding steroid dienone is 1. The van der Waals surface area contributed by atoms with E-state index in [0.29, 0.717) is 17.3 Å². The monoisotopic (exact) mass is 435 g/mol. The first-order valence-corrected chi connectivity index (χ1v) is 10.3. The molecular formula is C21H27Cl2N5O. The average molecular weight is 436 g/mol. The van der Waals surface area contributed by atoms with Gasteiger partial charge in [-0.3, -0.25) is 4.90 Å². The largest absolute Gasteiger partial charge is 0.492 e. The molecule has 0 bridgehead atoms. The number of piperazine rings is 1. The molecule has 0 unspecified atom stereocenters. The van der Waals surface area contributed by atoms with Crippen molar-refractivity contribution in [3.05, 3.63) is 35.0 Å². The SMILES string of the molecule is C=N/C(Cl)=N\C(=C(/C)Cl)c1cn(C)c2cc(OCCN3CCN(C)CC3)ccc12. The van der Waals surface area contributed by atoms with E-state index in [1.54, 1.807) is 6.92 Å². The normalized spacial score (nSPS) is 17.5. The lowest BCUT2D eigenvalue weighted by atomic mass is 10.1. The third-order valence-electron chi connectivity index (χ3n) is 5.15. The van der Waals surface area contributed by atoms with Crippen molar-refractivity contribution in [3.63, 3.8) is 0 Å². The fourth-order valence-electron chi connectivity index (χ4n) is 3.46. The Hall–Kier alpha value is -1.86. The minimum absolute atomic E-state index is 0.0564. The van der Waals surface area contributed by atoms with Crippen molar-refractivity contribution in [2.45, 2.75) is 6.92 Å². The molecule has 0 spiro atoms. The van der Waals surface area contributed by atoms with Crippen LogP contribution >= 0.6 is 23.2 Å². The van der Waals surface area contributed by atoms with E-state index >= 15 is 0 Å². The third-order valence-corrected chi connectivity index (χ3v) is 5.53. The summed E-state index contributed by atoms with van der Waals surface area (Å²) in [5.41, 5.74) is 2.50. The lowest BCUT2D eigenvalue weighted by Gasteiger charge is -2.32. The molecule has 0 radical (unpaired) electrons. The van der Waals surface area contributed by atoms with Crippen LogP contribution < -0.4 is 4.74 Å². The number of hydrogen-bond acceptors (Lipinski definition) is 4. The summed E-state index contributed by atoms with van der Waals surface area (Å²) in [6, 6.07) is 6.05. The van der Waals surface area contributed by atoms with Crippen molar-refractivity contribution >= 4 is 51.8 Å². The molecule has 1 fully saturated rings. The van der Waals surface area contributed by atoms with Gasteiger partial charge in [-0.1, -0.05) is 11.6 Å². The maximum Gasteiger partial charge on any atom is 0.222 e. The van der Waals surface area contributed by atoms with E-state index in [-0.39, 0.29) is 5.29 Å². The maximum absolute atomic E-state index is 6.28. The number of amidine groups is 1. The molecule has 0 saturated carbocycles. The number of rotatable bonds is 6. The van der Waals surface area contributed by atoms with E-state index in [0.717, 1.165) is 54.9 Å². The minimum Gasteiger partial charge on any atom is -0.492 e. The highest BCUT2D eigenvalue weighted by Crippen LogP contribution is 2.33. The Balaban J connectivity index is 1.76.